The summed E-state index contributed by atoms with van der Waals surface area (Å²) in [5, 5.41) is 10.8. The van der Waals surface area contributed by atoms with Gasteiger partial charge in [0.2, 0.25) is 5.09 Å². The molecular weight excluding hydrogens is 328 g/mol. The van der Waals surface area contributed by atoms with Crippen molar-refractivity contribution in [3.63, 3.8) is 0 Å². The Morgan fingerprint density at radius 1 is 1.30 bits per heavy atom. The van der Waals surface area contributed by atoms with E-state index >= 15 is 0 Å². The van der Waals surface area contributed by atoms with Crippen LogP contribution in [0.25, 0.3) is 0 Å². The number of aliphatic hydroxyl groups is 1. The lowest BCUT2D eigenvalue weighted by molar-refractivity contribution is 0.0721. The SMILES string of the molecule is O=C(NCCOCCO)c1ccc(S(=O)(=O)N2CCOCC2)o1. The molecule has 9 nitrogen and oxygen atoms in total. The van der Waals surface area contributed by atoms with Crippen molar-refractivity contribution in [3.05, 3.63) is 17.9 Å². The molecule has 23 heavy (non-hydrogen) atoms. The van der Waals surface area contributed by atoms with Crippen LogP contribution in [0.1, 0.15) is 10.6 Å². The topological polar surface area (TPSA) is 118 Å². The van der Waals surface area contributed by atoms with Gasteiger partial charge < -0.3 is 24.3 Å². The molecule has 1 aliphatic rings. The monoisotopic (exact) mass is 348 g/mol. The maximum Gasteiger partial charge on any atom is 0.287 e. The molecule has 130 valence electrons. The van der Waals surface area contributed by atoms with Crippen LogP contribution < -0.4 is 5.32 Å². The smallest absolute Gasteiger partial charge is 0.287 e. The highest BCUT2D eigenvalue weighted by Gasteiger charge is 2.29. The zero-order valence-corrected chi connectivity index (χ0v) is 13.4. The van der Waals surface area contributed by atoms with E-state index in [1.54, 1.807) is 0 Å². The Labute approximate surface area is 134 Å². The fourth-order valence-electron chi connectivity index (χ4n) is 1.99. The van der Waals surface area contributed by atoms with Crippen LogP contribution in [0.4, 0.5) is 0 Å². The average Bonchev–Trinajstić information content (AvgIpc) is 3.06. The molecule has 0 atom stereocenters. The maximum absolute atomic E-state index is 12.4. The number of furan rings is 1. The number of carbonyl (C=O) groups excluding carboxylic acids is 1. The summed E-state index contributed by atoms with van der Waals surface area (Å²) in [4.78, 5) is 11.9. The molecule has 1 aromatic rings. The molecule has 0 bridgehead atoms. The van der Waals surface area contributed by atoms with Crippen molar-refractivity contribution < 1.29 is 32.2 Å². The van der Waals surface area contributed by atoms with Crippen LogP contribution in [-0.4, -0.2) is 76.4 Å². The number of hydrogen-bond acceptors (Lipinski definition) is 7. The highest BCUT2D eigenvalue weighted by Crippen LogP contribution is 2.19. The zero-order valence-electron chi connectivity index (χ0n) is 12.6. The van der Waals surface area contributed by atoms with E-state index in [-0.39, 0.29) is 50.3 Å². The van der Waals surface area contributed by atoms with Crippen LogP contribution in [-0.2, 0) is 19.5 Å². The van der Waals surface area contributed by atoms with E-state index < -0.39 is 15.9 Å². The quantitative estimate of drug-likeness (QED) is 0.581. The normalized spacial score (nSPS) is 16.4. The first-order valence-electron chi connectivity index (χ1n) is 7.20. The number of rotatable bonds is 8. The molecule has 1 aliphatic heterocycles. The van der Waals surface area contributed by atoms with Gasteiger partial charge in [0.25, 0.3) is 15.9 Å². The highest BCUT2D eigenvalue weighted by molar-refractivity contribution is 7.89. The number of sulfonamides is 1. The zero-order chi connectivity index (χ0) is 16.7. The van der Waals surface area contributed by atoms with E-state index in [0.717, 1.165) is 0 Å². The molecule has 0 aromatic carbocycles. The summed E-state index contributed by atoms with van der Waals surface area (Å²) in [6, 6.07) is 2.58. The number of ether oxygens (including phenoxy) is 2. The molecule has 1 aromatic heterocycles. The molecule has 1 amide bonds. The lowest BCUT2D eigenvalue weighted by Crippen LogP contribution is -2.40. The van der Waals surface area contributed by atoms with Crippen molar-refractivity contribution in [1.29, 1.82) is 0 Å². The summed E-state index contributed by atoms with van der Waals surface area (Å²) in [5.41, 5.74) is 0. The average molecular weight is 348 g/mol. The van der Waals surface area contributed by atoms with Crippen molar-refractivity contribution in [1.82, 2.24) is 9.62 Å². The first kappa shape index (κ1) is 17.9. The van der Waals surface area contributed by atoms with Gasteiger partial charge in [0, 0.05) is 19.6 Å². The van der Waals surface area contributed by atoms with Gasteiger partial charge in [-0.05, 0) is 12.1 Å². The number of nitrogens with one attached hydrogen (secondary N) is 1. The number of morpholine rings is 1. The van der Waals surface area contributed by atoms with E-state index in [2.05, 4.69) is 5.32 Å². The van der Waals surface area contributed by atoms with Gasteiger partial charge in [-0.15, -0.1) is 0 Å². The van der Waals surface area contributed by atoms with Crippen LogP contribution in [0.5, 0.6) is 0 Å². The number of hydrogen-bond donors (Lipinski definition) is 2. The minimum Gasteiger partial charge on any atom is -0.438 e. The summed E-state index contributed by atoms with van der Waals surface area (Å²) in [6.07, 6.45) is 0. The molecule has 2 N–H and O–H groups in total. The Kier molecular flexibility index (Phi) is 6.54. The molecule has 0 saturated carbocycles. The lowest BCUT2D eigenvalue weighted by Gasteiger charge is -2.24. The number of amides is 1. The molecule has 1 saturated heterocycles. The minimum atomic E-state index is -3.75. The van der Waals surface area contributed by atoms with E-state index in [0.29, 0.717) is 13.2 Å². The van der Waals surface area contributed by atoms with Crippen molar-refractivity contribution in [2.75, 3.05) is 52.7 Å². The summed E-state index contributed by atoms with van der Waals surface area (Å²) in [6.45, 7) is 1.76. The van der Waals surface area contributed by atoms with Crippen molar-refractivity contribution in [2.24, 2.45) is 0 Å². The van der Waals surface area contributed by atoms with Gasteiger partial charge in [0.1, 0.15) is 0 Å². The van der Waals surface area contributed by atoms with Gasteiger partial charge in [-0.25, -0.2) is 8.42 Å². The second-order valence-corrected chi connectivity index (χ2v) is 6.60. The van der Waals surface area contributed by atoms with E-state index in [9.17, 15) is 13.2 Å². The second-order valence-electron chi connectivity index (χ2n) is 4.73. The Bertz CT molecular complexity index is 608. The van der Waals surface area contributed by atoms with Crippen molar-refractivity contribution in [2.45, 2.75) is 5.09 Å². The molecule has 0 aliphatic carbocycles. The lowest BCUT2D eigenvalue weighted by atomic mass is 10.4. The van der Waals surface area contributed by atoms with E-state index in [1.165, 1.54) is 16.4 Å². The third-order valence-electron chi connectivity index (χ3n) is 3.14. The molecular formula is C13H20N2O7S. The predicted octanol–water partition coefficient (Wildman–Crippen LogP) is -0.961. The summed E-state index contributed by atoms with van der Waals surface area (Å²) >= 11 is 0. The van der Waals surface area contributed by atoms with Gasteiger partial charge in [0.05, 0.1) is 33.0 Å². The van der Waals surface area contributed by atoms with E-state index in [1.807, 2.05) is 0 Å². The molecule has 2 rings (SSSR count). The molecule has 2 heterocycles. The fourth-order valence-corrected chi connectivity index (χ4v) is 3.30. The molecule has 0 spiro atoms. The Hall–Kier alpha value is -1.46. The Balaban J connectivity index is 1.92. The van der Waals surface area contributed by atoms with Gasteiger partial charge in [-0.3, -0.25) is 4.79 Å². The summed E-state index contributed by atoms with van der Waals surface area (Å²) < 4.78 is 41.3. The number of carbonyl (C=O) groups is 1. The predicted molar refractivity (Wildman–Crippen MR) is 78.5 cm³/mol. The minimum absolute atomic E-state index is 0.0843. The number of aliphatic hydroxyl groups excluding tert-OH is 1. The van der Waals surface area contributed by atoms with Gasteiger partial charge in [-0.1, -0.05) is 0 Å². The van der Waals surface area contributed by atoms with Gasteiger partial charge in [0.15, 0.2) is 5.76 Å². The molecule has 10 heteroatoms. The Morgan fingerprint density at radius 2 is 2.04 bits per heavy atom. The van der Waals surface area contributed by atoms with Crippen molar-refractivity contribution >= 4 is 15.9 Å². The molecule has 1 fully saturated rings. The Morgan fingerprint density at radius 3 is 2.74 bits per heavy atom. The van der Waals surface area contributed by atoms with Crippen LogP contribution >= 0.6 is 0 Å². The van der Waals surface area contributed by atoms with E-state index in [4.69, 9.17) is 19.0 Å². The maximum atomic E-state index is 12.4. The van der Waals surface area contributed by atoms with Gasteiger partial charge >= 0.3 is 0 Å². The fraction of sp³-hybridized carbons (Fsp3) is 0.615. The highest BCUT2D eigenvalue weighted by atomic mass is 32.2. The first-order valence-corrected chi connectivity index (χ1v) is 8.64. The first-order chi connectivity index (χ1) is 11.1. The molecule has 0 unspecified atom stereocenters. The van der Waals surface area contributed by atoms with Crippen LogP contribution in [0, 0.1) is 0 Å². The van der Waals surface area contributed by atoms with Crippen LogP contribution in [0.3, 0.4) is 0 Å². The third kappa shape index (κ3) is 4.75. The number of nitrogens with zero attached hydrogens (tertiary/aromatic N) is 1. The third-order valence-corrected chi connectivity index (χ3v) is 4.91. The van der Waals surface area contributed by atoms with Crippen LogP contribution in [0.15, 0.2) is 21.6 Å². The summed E-state index contributed by atoms with van der Waals surface area (Å²) in [5.74, 6) is -0.611. The standard InChI is InChI=1S/C13H20N2O7S/c16-6-10-20-7-3-14-13(17)11-1-2-12(22-11)23(18,19)15-4-8-21-9-5-15/h1-2,16H,3-10H2,(H,14,17). The molecule has 0 radical (unpaired) electrons. The van der Waals surface area contributed by atoms with Crippen molar-refractivity contribution in [3.8, 4) is 0 Å². The van der Waals surface area contributed by atoms with Crippen LogP contribution in [0.2, 0.25) is 0 Å². The second kappa shape index (κ2) is 8.41. The summed E-state index contributed by atoms with van der Waals surface area (Å²) in [7, 11) is -3.75. The largest absolute Gasteiger partial charge is 0.438 e. The van der Waals surface area contributed by atoms with Gasteiger partial charge in [-0.2, -0.15) is 4.31 Å².